The van der Waals surface area contributed by atoms with Gasteiger partial charge in [0.05, 0.1) is 11.0 Å². The second-order valence-corrected chi connectivity index (χ2v) is 14.6. The summed E-state index contributed by atoms with van der Waals surface area (Å²) in [6, 6.07) is 63.3. The Balaban J connectivity index is 1.01. The van der Waals surface area contributed by atoms with Crippen molar-refractivity contribution in [3.8, 4) is 16.8 Å². The fourth-order valence-electron chi connectivity index (χ4n) is 8.66. The molecule has 6 heteroatoms. The molecule has 0 saturated carbocycles. The largest absolute Gasteiger partial charge is 0.456 e. The highest BCUT2D eigenvalue weighted by atomic mass is 16.3. The molecule has 0 radical (unpaired) electrons. The highest BCUT2D eigenvalue weighted by Crippen LogP contribution is 2.39. The van der Waals surface area contributed by atoms with Gasteiger partial charge in [-0.15, -0.1) is 0 Å². The van der Waals surface area contributed by atoms with Crippen LogP contribution in [0.2, 0.25) is 0 Å². The number of para-hydroxylation sites is 4. The van der Waals surface area contributed by atoms with Gasteiger partial charge in [-0.05, 0) is 65.7 Å². The maximum absolute atomic E-state index is 6.54. The third-order valence-electron chi connectivity index (χ3n) is 11.3. The van der Waals surface area contributed by atoms with E-state index < -0.39 is 6.17 Å². The molecule has 0 saturated heterocycles. The number of aliphatic imine (C=N–C) groups is 2. The standard InChI is InChI=1S/C51H32N4O2/c1-3-13-31(14-4-1)49-52-50(54-51(53-49)39-21-11-19-37-36-18-8-10-23-44(36)57-48(37)39)38-20-12-24-46-47(38)41-30-33(26-28-45(41)56-46)32-25-27-43-40(29-32)35-17-7-9-22-42(35)55(43)34-15-5-2-6-16-34/h1-30,51H,(H,52,53,54). The molecule has 11 aromatic rings. The number of hydrogen-bond donors (Lipinski definition) is 1. The predicted octanol–water partition coefficient (Wildman–Crippen LogP) is 12.7. The minimum absolute atomic E-state index is 0.453. The lowest BCUT2D eigenvalue weighted by molar-refractivity contribution is 0.628. The fraction of sp³-hybridized carbons (Fsp3) is 0.0196. The number of amidine groups is 2. The summed E-state index contributed by atoms with van der Waals surface area (Å²) in [6.45, 7) is 0. The van der Waals surface area contributed by atoms with Gasteiger partial charge in [0.15, 0.2) is 12.0 Å². The molecule has 0 spiro atoms. The molecule has 1 unspecified atom stereocenters. The summed E-state index contributed by atoms with van der Waals surface area (Å²) in [5.41, 5.74) is 11.9. The van der Waals surface area contributed by atoms with Crippen molar-refractivity contribution < 1.29 is 8.83 Å². The second kappa shape index (κ2) is 12.4. The van der Waals surface area contributed by atoms with E-state index in [-0.39, 0.29) is 0 Å². The predicted molar refractivity (Wildman–Crippen MR) is 233 cm³/mol. The van der Waals surface area contributed by atoms with Crippen molar-refractivity contribution in [3.63, 3.8) is 0 Å². The first-order valence-corrected chi connectivity index (χ1v) is 19.2. The Morgan fingerprint density at radius 1 is 0.474 bits per heavy atom. The van der Waals surface area contributed by atoms with E-state index in [0.717, 1.165) is 83.2 Å². The molecule has 0 fully saturated rings. The molecular formula is C51H32N4O2. The highest BCUT2D eigenvalue weighted by molar-refractivity contribution is 6.22. The van der Waals surface area contributed by atoms with Crippen LogP contribution in [0.15, 0.2) is 201 Å². The SMILES string of the molecule is c1ccc(C2=NC(c3cccc4c3oc3ccccc34)NC(c3cccc4oc5ccc(-c6ccc7c(c6)c6ccccc6n7-c6ccccc6)cc5c34)=N2)cc1. The van der Waals surface area contributed by atoms with Gasteiger partial charge in [0.25, 0.3) is 0 Å². The average molecular weight is 733 g/mol. The third-order valence-corrected chi connectivity index (χ3v) is 11.3. The third kappa shape index (κ3) is 4.97. The Morgan fingerprint density at radius 2 is 1.14 bits per heavy atom. The van der Waals surface area contributed by atoms with Crippen LogP contribution in [0, 0.1) is 0 Å². The normalized spacial score (nSPS) is 14.5. The minimum atomic E-state index is -0.453. The molecule has 4 heterocycles. The molecule has 3 aromatic heterocycles. The smallest absolute Gasteiger partial charge is 0.159 e. The monoisotopic (exact) mass is 732 g/mol. The van der Waals surface area contributed by atoms with Crippen molar-refractivity contribution in [2.75, 3.05) is 0 Å². The van der Waals surface area contributed by atoms with Gasteiger partial charge in [-0.1, -0.05) is 127 Å². The van der Waals surface area contributed by atoms with E-state index in [1.807, 2.05) is 48.5 Å². The molecule has 1 atom stereocenters. The van der Waals surface area contributed by atoms with Crippen molar-refractivity contribution in [3.05, 3.63) is 199 Å². The molecule has 1 N–H and O–H groups in total. The van der Waals surface area contributed by atoms with Crippen LogP contribution in [-0.2, 0) is 0 Å². The Hall–Kier alpha value is -7.70. The molecule has 0 bridgehead atoms. The number of rotatable bonds is 5. The zero-order chi connectivity index (χ0) is 37.5. The minimum Gasteiger partial charge on any atom is -0.456 e. The topological polar surface area (TPSA) is 68.0 Å². The Bertz CT molecular complexity index is 3440. The Kier molecular flexibility index (Phi) is 6.89. The summed E-state index contributed by atoms with van der Waals surface area (Å²) in [5, 5.41) is 10.3. The molecular weight excluding hydrogens is 701 g/mol. The molecule has 1 aliphatic rings. The molecule has 268 valence electrons. The van der Waals surface area contributed by atoms with E-state index in [2.05, 4.69) is 143 Å². The number of nitrogens with zero attached hydrogens (tertiary/aromatic N) is 3. The van der Waals surface area contributed by atoms with Crippen molar-refractivity contribution in [1.29, 1.82) is 0 Å². The number of fused-ring (bicyclic) bond motifs is 9. The number of furan rings is 2. The van der Waals surface area contributed by atoms with Crippen LogP contribution in [-0.4, -0.2) is 16.2 Å². The maximum atomic E-state index is 6.54. The first-order valence-electron chi connectivity index (χ1n) is 19.2. The molecule has 6 nitrogen and oxygen atoms in total. The van der Waals surface area contributed by atoms with Gasteiger partial charge in [0, 0.05) is 54.7 Å². The Morgan fingerprint density at radius 3 is 2.02 bits per heavy atom. The summed E-state index contributed by atoms with van der Waals surface area (Å²) in [5.74, 6) is 1.37. The van der Waals surface area contributed by atoms with Crippen molar-refractivity contribution in [1.82, 2.24) is 9.88 Å². The van der Waals surface area contributed by atoms with Gasteiger partial charge in [-0.25, -0.2) is 9.98 Å². The van der Waals surface area contributed by atoms with Crippen LogP contribution in [0.3, 0.4) is 0 Å². The zero-order valence-electron chi connectivity index (χ0n) is 30.6. The summed E-state index contributed by atoms with van der Waals surface area (Å²) >= 11 is 0. The van der Waals surface area contributed by atoms with Gasteiger partial charge in [0.2, 0.25) is 0 Å². The molecule has 0 amide bonds. The fourth-order valence-corrected chi connectivity index (χ4v) is 8.66. The van der Waals surface area contributed by atoms with E-state index in [0.29, 0.717) is 5.84 Å². The van der Waals surface area contributed by atoms with E-state index in [9.17, 15) is 0 Å². The molecule has 8 aromatic carbocycles. The van der Waals surface area contributed by atoms with Crippen LogP contribution in [0.5, 0.6) is 0 Å². The lowest BCUT2D eigenvalue weighted by Gasteiger charge is -2.24. The van der Waals surface area contributed by atoms with Gasteiger partial charge >= 0.3 is 0 Å². The first-order chi connectivity index (χ1) is 28.2. The number of nitrogens with one attached hydrogen (secondary N) is 1. The van der Waals surface area contributed by atoms with Gasteiger partial charge in [0.1, 0.15) is 28.2 Å². The van der Waals surface area contributed by atoms with Crippen LogP contribution < -0.4 is 5.32 Å². The zero-order valence-corrected chi connectivity index (χ0v) is 30.6. The van der Waals surface area contributed by atoms with Gasteiger partial charge in [-0.2, -0.15) is 0 Å². The summed E-state index contributed by atoms with van der Waals surface area (Å²) in [7, 11) is 0. The van der Waals surface area contributed by atoms with Crippen LogP contribution in [0.1, 0.15) is 22.9 Å². The van der Waals surface area contributed by atoms with Crippen molar-refractivity contribution in [2.45, 2.75) is 6.17 Å². The quantitative estimate of drug-likeness (QED) is 0.192. The second-order valence-electron chi connectivity index (χ2n) is 14.6. The van der Waals surface area contributed by atoms with Crippen molar-refractivity contribution >= 4 is 77.4 Å². The summed E-state index contributed by atoms with van der Waals surface area (Å²) < 4.78 is 15.4. The van der Waals surface area contributed by atoms with Crippen LogP contribution in [0.4, 0.5) is 0 Å². The first kappa shape index (κ1) is 31.6. The number of hydrogen-bond acceptors (Lipinski definition) is 5. The Labute approximate surface area is 326 Å². The van der Waals surface area contributed by atoms with Crippen molar-refractivity contribution in [2.24, 2.45) is 9.98 Å². The van der Waals surface area contributed by atoms with Crippen LogP contribution in [0.25, 0.3) is 82.5 Å². The number of aromatic nitrogens is 1. The summed E-state index contributed by atoms with van der Waals surface area (Å²) in [4.78, 5) is 10.4. The van der Waals surface area contributed by atoms with E-state index in [4.69, 9.17) is 18.8 Å². The van der Waals surface area contributed by atoms with E-state index >= 15 is 0 Å². The van der Waals surface area contributed by atoms with E-state index in [1.165, 1.54) is 21.8 Å². The molecule has 12 rings (SSSR count). The molecule has 57 heavy (non-hydrogen) atoms. The average Bonchev–Trinajstić information content (AvgIpc) is 3.96. The van der Waals surface area contributed by atoms with Gasteiger partial charge < -0.3 is 18.7 Å². The summed E-state index contributed by atoms with van der Waals surface area (Å²) in [6.07, 6.45) is -0.453. The lowest BCUT2D eigenvalue weighted by atomic mass is 9.98. The highest BCUT2D eigenvalue weighted by Gasteiger charge is 2.26. The number of benzene rings is 8. The van der Waals surface area contributed by atoms with E-state index in [1.54, 1.807) is 0 Å². The molecule has 1 aliphatic heterocycles. The lowest BCUT2D eigenvalue weighted by Crippen LogP contribution is -2.33. The maximum Gasteiger partial charge on any atom is 0.159 e. The molecule has 0 aliphatic carbocycles. The van der Waals surface area contributed by atoms with Gasteiger partial charge in [-0.3, -0.25) is 0 Å². The van der Waals surface area contributed by atoms with Crippen LogP contribution >= 0.6 is 0 Å².